The topological polar surface area (TPSA) is 677 Å². The van der Waals surface area contributed by atoms with Crippen LogP contribution in [0.15, 0.2) is 5.11 Å². The van der Waals surface area contributed by atoms with Gasteiger partial charge in [-0.1, -0.05) is 5.11 Å². The Hall–Kier alpha value is -5.94. The minimum Gasteiger partial charge on any atom is -0.465 e. The first-order valence-corrected chi connectivity index (χ1v) is 41.2. The van der Waals surface area contributed by atoms with E-state index in [-0.39, 0.29) is 270 Å². The van der Waals surface area contributed by atoms with Crippen LogP contribution in [0, 0.1) is 17.8 Å². The number of aliphatic hydroxyl groups is 9. The van der Waals surface area contributed by atoms with Crippen LogP contribution in [0.25, 0.3) is 10.4 Å². The number of carbonyl (C=O) groups is 10. The van der Waals surface area contributed by atoms with E-state index in [2.05, 4.69) is 41.9 Å². The van der Waals surface area contributed by atoms with Crippen LogP contribution in [0.1, 0.15) is 77.0 Å². The van der Waals surface area contributed by atoms with Crippen molar-refractivity contribution in [2.24, 2.45) is 40.1 Å². The number of carbonyl (C=O) groups excluding carboxylic acids is 9. The van der Waals surface area contributed by atoms with Crippen molar-refractivity contribution < 1.29 is 151 Å². The number of amides is 10. The van der Waals surface area contributed by atoms with E-state index >= 15 is 0 Å². The molecule has 115 heavy (non-hydrogen) atoms. The van der Waals surface area contributed by atoms with Gasteiger partial charge in [0.25, 0.3) is 0 Å². The Morgan fingerprint density at radius 2 is 0.643 bits per heavy atom. The van der Waals surface area contributed by atoms with Crippen molar-refractivity contribution in [1.82, 2.24) is 36.8 Å². The number of carboxylic acid groups (broad SMARTS) is 1. The largest absolute Gasteiger partial charge is 0.465 e. The molecule has 0 saturated carbocycles. The summed E-state index contributed by atoms with van der Waals surface area (Å²) in [4.78, 5) is 131. The second-order valence-electron chi connectivity index (χ2n) is 26.6. The van der Waals surface area contributed by atoms with E-state index in [9.17, 15) is 99.0 Å². The van der Waals surface area contributed by atoms with Crippen LogP contribution in [0.2, 0.25) is 0 Å². The van der Waals surface area contributed by atoms with Crippen LogP contribution in [-0.2, 0) is 95.3 Å². The Balaban J connectivity index is 1.55. The minimum atomic E-state index is -1.55. The van der Waals surface area contributed by atoms with Gasteiger partial charge in [-0.25, -0.2) is 4.79 Å². The lowest BCUT2D eigenvalue weighted by Gasteiger charge is -2.43. The van der Waals surface area contributed by atoms with Gasteiger partial charge in [0.1, 0.15) is 52.9 Å². The summed E-state index contributed by atoms with van der Waals surface area (Å²) in [5.74, 6) is -6.62. The molecule has 0 aromatic rings. The van der Waals surface area contributed by atoms with Crippen LogP contribution in [0.3, 0.4) is 0 Å². The molecule has 0 bridgehead atoms. The predicted molar refractivity (Wildman–Crippen MR) is 410 cm³/mol. The number of primary amides is 3. The van der Waals surface area contributed by atoms with E-state index in [4.69, 9.17) is 74.8 Å². The quantitative estimate of drug-likeness (QED) is 0.0116. The molecule has 15 atom stereocenters. The van der Waals surface area contributed by atoms with Crippen LogP contribution in [0.4, 0.5) is 4.79 Å². The molecule has 3 rings (SSSR count). The van der Waals surface area contributed by atoms with E-state index < -0.39 is 156 Å². The first-order chi connectivity index (χ1) is 55.2. The second kappa shape index (κ2) is 61.4. The minimum absolute atomic E-state index is 0.0144. The smallest absolute Gasteiger partial charge is 0.407 e. The standard InChI is InChI=1S/C68H121N13O31S3/c69-49(85)37-43-58(94)61(97)46(40-82)110-64(43)113-34-4-55(91)76-13-21-105-29-26-102-18-10-73-52(88)1-7-68(81(67(100)101)17-25-109-33-32-108-24-16-79-80-72,8-2-53(89)74-11-19-103-27-30-106-22-14-77-56(92)5-35-114-65-44(38-50(70)86)59(95)62(98)47(41-83)111-65)9-3-54(90)75-12-20-104-28-31-107-23-15-78-57(93)6-36-115-66-45(39-51(71)87)60(96)63(99)48(42-84)112-66/h43-48,58-66,82-84,94-99H,1-42H2,(H2,69,85)(H2,70,86)(H2,71,87)(H,73,88)(H,74,89)(H,75,90)(H,76,91)(H,77,92)(H,78,93)(H,100,101)/t43-,44-,45-,46-,47-,48-,58-,59-,60-,61+,62+,63+,64+,65+,66+/m1/s1. The highest BCUT2D eigenvalue weighted by Crippen LogP contribution is 2.39. The first-order valence-electron chi connectivity index (χ1n) is 38.0. The van der Waals surface area contributed by atoms with E-state index in [0.717, 1.165) is 40.2 Å². The van der Waals surface area contributed by atoms with Crippen molar-refractivity contribution in [2.75, 3.05) is 195 Å². The molecule has 3 fully saturated rings. The zero-order valence-electron chi connectivity index (χ0n) is 64.6. The molecule has 0 aromatic carbocycles. The highest BCUT2D eigenvalue weighted by molar-refractivity contribution is 8.00. The maximum atomic E-state index is 13.6. The van der Waals surface area contributed by atoms with Gasteiger partial charge >= 0.3 is 6.09 Å². The molecule has 47 heteroatoms. The number of hydrogen-bond acceptors (Lipinski definition) is 34. The molecule has 10 amide bonds. The van der Waals surface area contributed by atoms with Crippen LogP contribution in [0.5, 0.6) is 0 Å². The van der Waals surface area contributed by atoms with Crippen molar-refractivity contribution >= 4 is 94.5 Å². The maximum absolute atomic E-state index is 13.6. The fourth-order valence-corrected chi connectivity index (χ4v) is 15.9. The number of hydrogen-bond donors (Lipinski definition) is 19. The molecule has 0 unspecified atom stereocenters. The Morgan fingerprint density at radius 3 is 0.887 bits per heavy atom. The summed E-state index contributed by atoms with van der Waals surface area (Å²) in [5.41, 5.74) is 20.5. The average Bonchev–Trinajstić information content (AvgIpc) is 0.829. The van der Waals surface area contributed by atoms with Crippen molar-refractivity contribution in [3.63, 3.8) is 0 Å². The lowest BCUT2D eigenvalue weighted by molar-refractivity contribution is -0.186. The molecule has 0 aromatic heterocycles. The van der Waals surface area contributed by atoms with Crippen LogP contribution >= 0.6 is 35.3 Å². The summed E-state index contributed by atoms with van der Waals surface area (Å²) in [6.45, 7) is -0.276. The van der Waals surface area contributed by atoms with Gasteiger partial charge in [0, 0.05) is 156 Å². The van der Waals surface area contributed by atoms with Gasteiger partial charge in [-0.05, 0) is 24.8 Å². The average molecular weight is 1710 g/mol. The van der Waals surface area contributed by atoms with Gasteiger partial charge in [-0.3, -0.25) is 43.2 Å². The number of rotatable bonds is 67. The van der Waals surface area contributed by atoms with Crippen LogP contribution < -0.4 is 49.1 Å². The molecular weight excluding hydrogens is 1590 g/mol. The fraction of sp³-hybridized carbons (Fsp3) is 0.853. The Morgan fingerprint density at radius 1 is 0.391 bits per heavy atom. The monoisotopic (exact) mass is 1710 g/mol. The molecule has 662 valence electrons. The highest BCUT2D eigenvalue weighted by atomic mass is 32.2. The summed E-state index contributed by atoms with van der Waals surface area (Å²) >= 11 is 3.39. The molecule has 0 spiro atoms. The molecule has 0 aliphatic carbocycles. The zero-order chi connectivity index (χ0) is 84.8. The third-order valence-corrected chi connectivity index (χ3v) is 21.9. The van der Waals surface area contributed by atoms with Crippen LogP contribution in [-0.4, -0.2) is 387 Å². The van der Waals surface area contributed by atoms with Gasteiger partial charge < -0.3 is 157 Å². The Bertz CT molecular complexity index is 2630. The summed E-state index contributed by atoms with van der Waals surface area (Å²) in [7, 11) is 0. The SMILES string of the molecule is [N-]=[N+]=NCCOCCOCCN(C(=O)O)C(CCC(=O)NCCOCCOCCNC(=O)CCS[C@@H]1O[C@H](CO)[C@H](O)[C@H](O)[C@H]1CC(N)=O)(CCC(=O)NCCOCCOCCNC(=O)CCS[C@@H]1O[C@H](CO)[C@H](O)[C@H](O)[C@H]1CC(N)=O)CCC(=O)NCCOCCOCCNC(=O)CCS[C@@H]1O[C@H](CO)[C@H](O)[C@H](O)[C@H]1CC(N)=O. The van der Waals surface area contributed by atoms with E-state index in [1.165, 1.54) is 0 Å². The lowest BCUT2D eigenvalue weighted by atomic mass is 9.81. The van der Waals surface area contributed by atoms with Gasteiger partial charge in [0.2, 0.25) is 53.2 Å². The summed E-state index contributed by atoms with van der Waals surface area (Å²) in [5, 5.41) is 122. The molecule has 0 radical (unpaired) electrons. The number of azide groups is 1. The number of aliphatic hydroxyl groups excluding tert-OH is 9. The third-order valence-electron chi connectivity index (χ3n) is 18.2. The summed E-state index contributed by atoms with van der Waals surface area (Å²) in [6, 6.07) is 0. The molecule has 3 heterocycles. The zero-order valence-corrected chi connectivity index (χ0v) is 67.1. The van der Waals surface area contributed by atoms with Crippen molar-refractivity contribution in [1.29, 1.82) is 0 Å². The highest BCUT2D eigenvalue weighted by Gasteiger charge is 2.48. The lowest BCUT2D eigenvalue weighted by Crippen LogP contribution is -2.55. The number of nitrogens with zero attached hydrogens (tertiary/aromatic N) is 4. The normalized spacial score (nSPS) is 23.4. The van der Waals surface area contributed by atoms with E-state index in [0.29, 0.717) is 0 Å². The number of thioether (sulfide) groups is 3. The third kappa shape index (κ3) is 43.0. The number of ether oxygens (including phenoxy) is 11. The van der Waals surface area contributed by atoms with Crippen molar-refractivity contribution in [3.8, 4) is 0 Å². The molecule has 3 aliphatic heterocycles. The van der Waals surface area contributed by atoms with Gasteiger partial charge in [-0.15, -0.1) is 35.3 Å². The van der Waals surface area contributed by atoms with Gasteiger partial charge in [0.05, 0.1) is 144 Å². The summed E-state index contributed by atoms with van der Waals surface area (Å²) < 4.78 is 61.7. The van der Waals surface area contributed by atoms with E-state index in [1.54, 1.807) is 0 Å². The predicted octanol–water partition coefficient (Wildman–Crippen LogP) is -6.65. The van der Waals surface area contributed by atoms with Crippen molar-refractivity contribution in [2.45, 2.75) is 154 Å². The summed E-state index contributed by atoms with van der Waals surface area (Å²) in [6.07, 6.45) is -15.3. The molecule has 3 saturated heterocycles. The molecular formula is C68H121N13O31S3. The van der Waals surface area contributed by atoms with E-state index in [1.807, 2.05) is 0 Å². The molecule has 3 aliphatic rings. The fourth-order valence-electron chi connectivity index (χ4n) is 12.1. The Kier molecular flexibility index (Phi) is 55.1. The maximum Gasteiger partial charge on any atom is 0.407 e. The molecule has 44 nitrogen and oxygen atoms in total. The number of nitrogens with two attached hydrogens (primary N) is 3. The Labute approximate surface area is 679 Å². The second-order valence-corrected chi connectivity index (χ2v) is 30.2. The van der Waals surface area contributed by atoms with Crippen molar-refractivity contribution in [3.05, 3.63) is 10.4 Å². The molecule has 22 N–H and O–H groups in total. The van der Waals surface area contributed by atoms with Gasteiger partial charge in [-0.2, -0.15) is 0 Å². The first kappa shape index (κ1) is 103. The number of nitrogens with one attached hydrogen (secondary N) is 6. The van der Waals surface area contributed by atoms with Gasteiger partial charge in [0.15, 0.2) is 0 Å².